The maximum Gasteiger partial charge on any atom is 0.250 e. The molecule has 1 aromatic carbocycles. The third-order valence-electron chi connectivity index (χ3n) is 4.31. The molecule has 0 N–H and O–H groups in total. The second kappa shape index (κ2) is 5.14. The summed E-state index contributed by atoms with van der Waals surface area (Å²) in [4.78, 5) is 0. The molecule has 2 atom stereocenters. The fraction of sp³-hybridized carbons (Fsp3) is 0.600. The maximum atomic E-state index is 13.7. The van der Waals surface area contributed by atoms with Crippen LogP contribution in [0.2, 0.25) is 0 Å². The van der Waals surface area contributed by atoms with Crippen molar-refractivity contribution in [3.05, 3.63) is 34.9 Å². The summed E-state index contributed by atoms with van der Waals surface area (Å²) < 4.78 is 54.0. The van der Waals surface area contributed by atoms with Crippen molar-refractivity contribution in [2.75, 3.05) is 0 Å². The van der Waals surface area contributed by atoms with Crippen LogP contribution in [0.15, 0.2) is 12.1 Å². The zero-order valence-corrected chi connectivity index (χ0v) is 11.1. The summed E-state index contributed by atoms with van der Waals surface area (Å²) in [6, 6.07) is 2.62. The van der Waals surface area contributed by atoms with Gasteiger partial charge in [-0.05, 0) is 49.3 Å². The summed E-state index contributed by atoms with van der Waals surface area (Å²) in [5.41, 5.74) is 0.929. The van der Waals surface area contributed by atoms with Crippen LogP contribution in [-0.2, 0) is 0 Å². The van der Waals surface area contributed by atoms with Crippen molar-refractivity contribution < 1.29 is 17.6 Å². The van der Waals surface area contributed by atoms with Crippen LogP contribution in [0.1, 0.15) is 49.7 Å². The molecule has 2 rings (SSSR count). The van der Waals surface area contributed by atoms with Crippen LogP contribution < -0.4 is 0 Å². The van der Waals surface area contributed by atoms with Gasteiger partial charge in [-0.3, -0.25) is 0 Å². The van der Waals surface area contributed by atoms with Gasteiger partial charge in [0.25, 0.3) is 5.92 Å². The van der Waals surface area contributed by atoms with Crippen molar-refractivity contribution in [2.45, 2.75) is 51.4 Å². The van der Waals surface area contributed by atoms with Gasteiger partial charge < -0.3 is 0 Å². The standard InChI is InChI=1S/C15H18F4/c1-3-11-8-10(6-7-15(11,18)19)12-4-5-13(16)14(17)9(12)2/h4-5,10-11H,3,6-8H2,1-2H3. The van der Waals surface area contributed by atoms with Gasteiger partial charge in [-0.25, -0.2) is 17.6 Å². The second-order valence-electron chi connectivity index (χ2n) is 5.41. The highest BCUT2D eigenvalue weighted by molar-refractivity contribution is 5.32. The molecule has 0 radical (unpaired) electrons. The molecule has 2 unspecified atom stereocenters. The van der Waals surface area contributed by atoms with Gasteiger partial charge in [-0.1, -0.05) is 13.0 Å². The summed E-state index contributed by atoms with van der Waals surface area (Å²) >= 11 is 0. The van der Waals surface area contributed by atoms with E-state index in [2.05, 4.69) is 0 Å². The molecule has 4 heteroatoms. The van der Waals surface area contributed by atoms with E-state index in [9.17, 15) is 17.6 Å². The fourth-order valence-corrected chi connectivity index (χ4v) is 3.06. The molecule has 0 spiro atoms. The predicted molar refractivity (Wildman–Crippen MR) is 66.4 cm³/mol. The van der Waals surface area contributed by atoms with Gasteiger partial charge in [0.05, 0.1) is 0 Å². The van der Waals surface area contributed by atoms with Crippen molar-refractivity contribution in [1.82, 2.24) is 0 Å². The molecule has 0 saturated heterocycles. The zero-order chi connectivity index (χ0) is 14.2. The third kappa shape index (κ3) is 2.63. The van der Waals surface area contributed by atoms with Crippen molar-refractivity contribution in [3.8, 4) is 0 Å². The first-order valence-electron chi connectivity index (χ1n) is 6.69. The molecule has 19 heavy (non-hydrogen) atoms. The van der Waals surface area contributed by atoms with E-state index < -0.39 is 23.5 Å². The lowest BCUT2D eigenvalue weighted by Crippen LogP contribution is -2.34. The summed E-state index contributed by atoms with van der Waals surface area (Å²) in [6.45, 7) is 3.26. The minimum atomic E-state index is -2.63. The predicted octanol–water partition coefficient (Wildman–Crippen LogP) is 5.20. The van der Waals surface area contributed by atoms with Gasteiger partial charge in [-0.2, -0.15) is 0 Å². The Kier molecular flexibility index (Phi) is 3.88. The van der Waals surface area contributed by atoms with Gasteiger partial charge in [0.15, 0.2) is 11.6 Å². The van der Waals surface area contributed by atoms with Crippen LogP contribution in [0.4, 0.5) is 17.6 Å². The van der Waals surface area contributed by atoms with E-state index in [1.54, 1.807) is 6.92 Å². The smallest absolute Gasteiger partial charge is 0.207 e. The third-order valence-corrected chi connectivity index (χ3v) is 4.31. The van der Waals surface area contributed by atoms with Crippen LogP contribution >= 0.6 is 0 Å². The molecule has 1 aliphatic rings. The normalized spacial score (nSPS) is 26.4. The molecular formula is C15H18F4. The Labute approximate surface area is 110 Å². The quantitative estimate of drug-likeness (QED) is 0.650. The minimum absolute atomic E-state index is 0.0975. The number of alkyl halides is 2. The average Bonchev–Trinajstić information content (AvgIpc) is 2.37. The lowest BCUT2D eigenvalue weighted by Gasteiger charge is -2.36. The van der Waals surface area contributed by atoms with Crippen molar-refractivity contribution >= 4 is 0 Å². The molecular weight excluding hydrogens is 256 g/mol. The average molecular weight is 274 g/mol. The van der Waals surface area contributed by atoms with E-state index in [0.717, 1.165) is 6.07 Å². The van der Waals surface area contributed by atoms with Crippen molar-refractivity contribution in [1.29, 1.82) is 0 Å². The van der Waals surface area contributed by atoms with E-state index in [1.807, 2.05) is 0 Å². The summed E-state index contributed by atoms with van der Waals surface area (Å²) in [5, 5.41) is 0. The molecule has 0 aromatic heterocycles. The lowest BCUT2D eigenvalue weighted by atomic mass is 9.74. The van der Waals surface area contributed by atoms with Crippen LogP contribution in [-0.4, -0.2) is 5.92 Å². The molecule has 1 fully saturated rings. The Balaban J connectivity index is 2.27. The summed E-state index contributed by atoms with van der Waals surface area (Å²) in [5.74, 6) is -5.13. The minimum Gasteiger partial charge on any atom is -0.207 e. The van der Waals surface area contributed by atoms with E-state index in [1.165, 1.54) is 13.0 Å². The van der Waals surface area contributed by atoms with Crippen LogP contribution in [0.5, 0.6) is 0 Å². The first-order valence-corrected chi connectivity index (χ1v) is 6.69. The number of benzene rings is 1. The highest BCUT2D eigenvalue weighted by Gasteiger charge is 2.43. The molecule has 0 bridgehead atoms. The molecule has 0 aliphatic heterocycles. The zero-order valence-electron chi connectivity index (χ0n) is 11.1. The Morgan fingerprint density at radius 3 is 2.58 bits per heavy atom. The molecule has 1 aliphatic carbocycles. The molecule has 0 amide bonds. The van der Waals surface area contributed by atoms with E-state index in [-0.39, 0.29) is 17.9 Å². The molecule has 0 nitrogen and oxygen atoms in total. The van der Waals surface area contributed by atoms with Crippen molar-refractivity contribution in [3.63, 3.8) is 0 Å². The first-order chi connectivity index (χ1) is 8.86. The van der Waals surface area contributed by atoms with E-state index in [4.69, 9.17) is 0 Å². The largest absolute Gasteiger partial charge is 0.250 e. The van der Waals surface area contributed by atoms with Crippen molar-refractivity contribution in [2.24, 2.45) is 5.92 Å². The topological polar surface area (TPSA) is 0 Å². The number of rotatable bonds is 2. The van der Waals surface area contributed by atoms with Gasteiger partial charge >= 0.3 is 0 Å². The number of halogens is 4. The Bertz CT molecular complexity index is 467. The van der Waals surface area contributed by atoms with Gasteiger partial charge in [0.1, 0.15) is 0 Å². The van der Waals surface area contributed by atoms with Crippen LogP contribution in [0.25, 0.3) is 0 Å². The molecule has 0 heterocycles. The highest BCUT2D eigenvalue weighted by Crippen LogP contribution is 2.47. The second-order valence-corrected chi connectivity index (χ2v) is 5.41. The Hall–Kier alpha value is -1.06. The SMILES string of the molecule is CCC1CC(c2ccc(F)c(F)c2C)CCC1(F)F. The number of hydrogen-bond donors (Lipinski definition) is 0. The summed E-state index contributed by atoms with van der Waals surface area (Å²) in [6.07, 6.45) is 0.908. The number of hydrogen-bond acceptors (Lipinski definition) is 0. The summed E-state index contributed by atoms with van der Waals surface area (Å²) in [7, 11) is 0. The molecule has 1 saturated carbocycles. The van der Waals surface area contributed by atoms with Crippen LogP contribution in [0, 0.1) is 24.5 Å². The maximum absolute atomic E-state index is 13.7. The van der Waals surface area contributed by atoms with Gasteiger partial charge in [0, 0.05) is 12.3 Å². The lowest BCUT2D eigenvalue weighted by molar-refractivity contribution is -0.0911. The monoisotopic (exact) mass is 274 g/mol. The highest BCUT2D eigenvalue weighted by atomic mass is 19.3. The fourth-order valence-electron chi connectivity index (χ4n) is 3.06. The van der Waals surface area contributed by atoms with E-state index in [0.29, 0.717) is 24.8 Å². The van der Waals surface area contributed by atoms with Crippen LogP contribution in [0.3, 0.4) is 0 Å². The van der Waals surface area contributed by atoms with Gasteiger partial charge in [-0.15, -0.1) is 0 Å². The Morgan fingerprint density at radius 1 is 1.26 bits per heavy atom. The Morgan fingerprint density at radius 2 is 1.95 bits per heavy atom. The first kappa shape index (κ1) is 14.4. The molecule has 106 valence electrons. The molecule has 1 aromatic rings. The van der Waals surface area contributed by atoms with Gasteiger partial charge in [0.2, 0.25) is 0 Å². The van der Waals surface area contributed by atoms with E-state index >= 15 is 0 Å².